The zero-order chi connectivity index (χ0) is 14.3. The summed E-state index contributed by atoms with van der Waals surface area (Å²) < 4.78 is 5.56. The van der Waals surface area contributed by atoms with Crippen LogP contribution in [0.15, 0.2) is 33.5 Å². The van der Waals surface area contributed by atoms with Gasteiger partial charge in [0.1, 0.15) is 5.58 Å². The van der Waals surface area contributed by atoms with Gasteiger partial charge in [0.2, 0.25) is 0 Å². The molecule has 20 heavy (non-hydrogen) atoms. The van der Waals surface area contributed by atoms with E-state index in [1.807, 2.05) is 13.0 Å². The van der Waals surface area contributed by atoms with E-state index >= 15 is 0 Å². The molecule has 2 heterocycles. The maximum absolute atomic E-state index is 12.3. The predicted molar refractivity (Wildman–Crippen MR) is 73.7 cm³/mol. The average Bonchev–Trinajstić information content (AvgIpc) is 2.84. The zero-order valence-electron chi connectivity index (χ0n) is 11.1. The van der Waals surface area contributed by atoms with Crippen molar-refractivity contribution in [2.45, 2.75) is 19.4 Å². The number of aliphatic hydroxyl groups is 1. The Balaban J connectivity index is 2.05. The van der Waals surface area contributed by atoms with Crippen molar-refractivity contribution in [1.29, 1.82) is 0 Å². The second-order valence-corrected chi connectivity index (χ2v) is 5.12. The number of likely N-dealkylation sites (tertiary alicyclic amines) is 1. The molecule has 5 heteroatoms. The first-order chi connectivity index (χ1) is 9.56. The molecule has 2 aromatic rings. The summed E-state index contributed by atoms with van der Waals surface area (Å²) >= 11 is 0. The minimum Gasteiger partial charge on any atom is -0.451 e. The Kier molecular flexibility index (Phi) is 3.06. The van der Waals surface area contributed by atoms with E-state index < -0.39 is 6.10 Å². The fourth-order valence-corrected chi connectivity index (χ4v) is 2.57. The van der Waals surface area contributed by atoms with Gasteiger partial charge in [0, 0.05) is 19.2 Å². The van der Waals surface area contributed by atoms with Gasteiger partial charge in [0.05, 0.1) is 11.5 Å². The van der Waals surface area contributed by atoms with Gasteiger partial charge in [-0.05, 0) is 25.0 Å². The van der Waals surface area contributed by atoms with Gasteiger partial charge in [-0.1, -0.05) is 12.1 Å². The molecule has 104 valence electrons. The van der Waals surface area contributed by atoms with Crippen molar-refractivity contribution in [3.05, 3.63) is 45.8 Å². The van der Waals surface area contributed by atoms with Crippen LogP contribution in [0.1, 0.15) is 22.5 Å². The number of fused-ring (bicyclic) bond motifs is 1. The van der Waals surface area contributed by atoms with E-state index in [2.05, 4.69) is 0 Å². The second kappa shape index (κ2) is 4.76. The van der Waals surface area contributed by atoms with Crippen LogP contribution in [0.25, 0.3) is 11.0 Å². The first-order valence-corrected chi connectivity index (χ1v) is 6.57. The van der Waals surface area contributed by atoms with Gasteiger partial charge in [0.25, 0.3) is 5.91 Å². The highest BCUT2D eigenvalue weighted by molar-refractivity contribution is 5.93. The molecule has 1 aliphatic heterocycles. The number of rotatable bonds is 1. The summed E-state index contributed by atoms with van der Waals surface area (Å²) in [6.07, 6.45) is 0.0659. The standard InChI is InChI=1S/C15H15NO4/c1-9-3-2-4-12-14(9)11(18)7-13(20-12)15(19)16-6-5-10(17)8-16/h2-4,7,10,17H,5-6,8H2,1H3/t10-/m1/s1. The van der Waals surface area contributed by atoms with Gasteiger partial charge < -0.3 is 14.4 Å². The Labute approximate surface area is 115 Å². The Bertz CT molecular complexity index is 734. The van der Waals surface area contributed by atoms with Gasteiger partial charge in [-0.25, -0.2) is 0 Å². The number of amides is 1. The summed E-state index contributed by atoms with van der Waals surface area (Å²) in [6.45, 7) is 2.60. The molecule has 0 aliphatic carbocycles. The Morgan fingerprint density at radius 2 is 2.25 bits per heavy atom. The number of aryl methyl sites for hydroxylation is 1. The van der Waals surface area contributed by atoms with Crippen LogP contribution < -0.4 is 5.43 Å². The molecule has 1 atom stereocenters. The average molecular weight is 273 g/mol. The third-order valence-electron chi connectivity index (χ3n) is 3.62. The SMILES string of the molecule is Cc1cccc2oc(C(=O)N3CC[C@@H](O)C3)cc(=O)c12. The first kappa shape index (κ1) is 12.9. The van der Waals surface area contributed by atoms with E-state index in [1.54, 1.807) is 12.1 Å². The minimum absolute atomic E-state index is 0.0298. The van der Waals surface area contributed by atoms with E-state index in [0.717, 1.165) is 5.56 Å². The summed E-state index contributed by atoms with van der Waals surface area (Å²) in [5, 5.41) is 9.98. The molecular formula is C15H15NO4. The highest BCUT2D eigenvalue weighted by atomic mass is 16.3. The quantitative estimate of drug-likeness (QED) is 0.850. The van der Waals surface area contributed by atoms with Gasteiger partial charge in [0.15, 0.2) is 11.2 Å². The van der Waals surface area contributed by atoms with Crippen molar-refractivity contribution in [3.63, 3.8) is 0 Å². The number of carbonyl (C=O) groups excluding carboxylic acids is 1. The first-order valence-electron chi connectivity index (χ1n) is 6.57. The van der Waals surface area contributed by atoms with Crippen LogP contribution in [0.5, 0.6) is 0 Å². The third-order valence-corrected chi connectivity index (χ3v) is 3.62. The number of hydrogen-bond donors (Lipinski definition) is 1. The molecule has 0 bridgehead atoms. The van der Waals surface area contributed by atoms with Crippen LogP contribution in [0.3, 0.4) is 0 Å². The maximum Gasteiger partial charge on any atom is 0.289 e. The second-order valence-electron chi connectivity index (χ2n) is 5.12. The number of benzene rings is 1. The van der Waals surface area contributed by atoms with E-state index in [0.29, 0.717) is 23.9 Å². The van der Waals surface area contributed by atoms with Gasteiger partial charge in [-0.15, -0.1) is 0 Å². The summed E-state index contributed by atoms with van der Waals surface area (Å²) in [7, 11) is 0. The molecule has 0 saturated carbocycles. The molecule has 1 amide bonds. The number of nitrogens with zero attached hydrogens (tertiary/aromatic N) is 1. The molecule has 1 aliphatic rings. The lowest BCUT2D eigenvalue weighted by atomic mass is 10.1. The molecular weight excluding hydrogens is 258 g/mol. The zero-order valence-corrected chi connectivity index (χ0v) is 11.1. The molecule has 5 nitrogen and oxygen atoms in total. The van der Waals surface area contributed by atoms with Crippen LogP contribution >= 0.6 is 0 Å². The van der Waals surface area contributed by atoms with Crippen LogP contribution in [0, 0.1) is 6.92 Å². The molecule has 1 fully saturated rings. The smallest absolute Gasteiger partial charge is 0.289 e. The van der Waals surface area contributed by atoms with Crippen molar-refractivity contribution >= 4 is 16.9 Å². The van der Waals surface area contributed by atoms with Gasteiger partial charge in [-0.2, -0.15) is 0 Å². The number of hydrogen-bond acceptors (Lipinski definition) is 4. The summed E-state index contributed by atoms with van der Waals surface area (Å²) in [5.74, 6) is -0.316. The van der Waals surface area contributed by atoms with Crippen molar-refractivity contribution in [3.8, 4) is 0 Å². The lowest BCUT2D eigenvalue weighted by Crippen LogP contribution is -2.30. The van der Waals surface area contributed by atoms with Crippen LogP contribution in [0.4, 0.5) is 0 Å². The monoisotopic (exact) mass is 273 g/mol. The number of β-amino-alcohol motifs (C(OH)–C–C–N with tert-alkyl or cyclic N) is 1. The summed E-state index contributed by atoms with van der Waals surface area (Å²) in [5.41, 5.74) is 1.03. The minimum atomic E-state index is -0.492. The summed E-state index contributed by atoms with van der Waals surface area (Å²) in [6, 6.07) is 6.54. The lowest BCUT2D eigenvalue weighted by molar-refractivity contribution is 0.0734. The molecule has 0 spiro atoms. The molecule has 1 saturated heterocycles. The molecule has 1 aromatic heterocycles. The van der Waals surface area contributed by atoms with Crippen LogP contribution in [0.2, 0.25) is 0 Å². The fourth-order valence-electron chi connectivity index (χ4n) is 2.57. The van der Waals surface area contributed by atoms with Gasteiger partial charge >= 0.3 is 0 Å². The number of carbonyl (C=O) groups is 1. The maximum atomic E-state index is 12.3. The van der Waals surface area contributed by atoms with E-state index in [-0.39, 0.29) is 23.6 Å². The highest BCUT2D eigenvalue weighted by Crippen LogP contribution is 2.18. The van der Waals surface area contributed by atoms with Crippen molar-refractivity contribution < 1.29 is 14.3 Å². The molecule has 1 aromatic carbocycles. The van der Waals surface area contributed by atoms with Crippen LogP contribution in [-0.4, -0.2) is 35.1 Å². The molecule has 0 radical (unpaired) electrons. The van der Waals surface area contributed by atoms with Crippen LogP contribution in [-0.2, 0) is 0 Å². The van der Waals surface area contributed by atoms with Gasteiger partial charge in [-0.3, -0.25) is 9.59 Å². The van der Waals surface area contributed by atoms with Crippen molar-refractivity contribution in [1.82, 2.24) is 4.90 Å². The Morgan fingerprint density at radius 1 is 1.45 bits per heavy atom. The summed E-state index contributed by atoms with van der Waals surface area (Å²) in [4.78, 5) is 25.9. The highest BCUT2D eigenvalue weighted by Gasteiger charge is 2.27. The van der Waals surface area contributed by atoms with Crippen molar-refractivity contribution in [2.24, 2.45) is 0 Å². The third kappa shape index (κ3) is 2.10. The van der Waals surface area contributed by atoms with Crippen molar-refractivity contribution in [2.75, 3.05) is 13.1 Å². The molecule has 3 rings (SSSR count). The molecule has 0 unspecified atom stereocenters. The van der Waals surface area contributed by atoms with E-state index in [1.165, 1.54) is 11.0 Å². The topological polar surface area (TPSA) is 70.8 Å². The fraction of sp³-hybridized carbons (Fsp3) is 0.333. The lowest BCUT2D eigenvalue weighted by Gasteiger charge is -2.14. The predicted octanol–water partition coefficient (Wildman–Crippen LogP) is 1.31. The number of aliphatic hydroxyl groups excluding tert-OH is 1. The van der Waals surface area contributed by atoms with E-state index in [4.69, 9.17) is 4.42 Å². The largest absolute Gasteiger partial charge is 0.451 e. The normalized spacial score (nSPS) is 18.7. The van der Waals surface area contributed by atoms with E-state index in [9.17, 15) is 14.7 Å². The molecule has 1 N–H and O–H groups in total. The Hall–Kier alpha value is -2.14. The Morgan fingerprint density at radius 3 is 2.95 bits per heavy atom.